The summed E-state index contributed by atoms with van der Waals surface area (Å²) in [5, 5.41) is 21.0. The number of aromatic carboxylic acids is 1. The molecule has 0 amide bonds. The number of carbonyl (C=O) groups is 1. The second-order valence-corrected chi connectivity index (χ2v) is 6.64. The molecular formula is C23H15N3O5. The van der Waals surface area contributed by atoms with E-state index in [2.05, 4.69) is 4.98 Å². The third kappa shape index (κ3) is 3.82. The molecule has 4 rings (SSSR count). The summed E-state index contributed by atoms with van der Waals surface area (Å²) in [6.07, 6.45) is 3.12. The van der Waals surface area contributed by atoms with Crippen molar-refractivity contribution in [2.24, 2.45) is 0 Å². The van der Waals surface area contributed by atoms with Gasteiger partial charge in [-0.1, -0.05) is 42.5 Å². The zero-order valence-electron chi connectivity index (χ0n) is 16.0. The molecule has 0 fully saturated rings. The molecule has 0 atom stereocenters. The topological polar surface area (TPSA) is 115 Å². The van der Waals surface area contributed by atoms with E-state index in [1.165, 1.54) is 34.9 Å². The van der Waals surface area contributed by atoms with Gasteiger partial charge in [0, 0.05) is 12.1 Å². The van der Waals surface area contributed by atoms with Crippen LogP contribution >= 0.6 is 0 Å². The second-order valence-electron chi connectivity index (χ2n) is 6.64. The van der Waals surface area contributed by atoms with Gasteiger partial charge in [0.1, 0.15) is 5.82 Å². The fraction of sp³-hybridized carbons (Fsp3) is 0. The van der Waals surface area contributed by atoms with Crippen LogP contribution in [0.4, 0.5) is 5.69 Å². The van der Waals surface area contributed by atoms with Gasteiger partial charge in [-0.15, -0.1) is 0 Å². The molecule has 1 aromatic heterocycles. The van der Waals surface area contributed by atoms with E-state index in [-0.39, 0.29) is 22.8 Å². The van der Waals surface area contributed by atoms with Gasteiger partial charge in [-0.05, 0) is 35.9 Å². The lowest BCUT2D eigenvalue weighted by molar-refractivity contribution is -0.384. The van der Waals surface area contributed by atoms with E-state index in [1.54, 1.807) is 54.6 Å². The number of para-hydroxylation sites is 2. The highest BCUT2D eigenvalue weighted by molar-refractivity contribution is 5.92. The average molecular weight is 413 g/mol. The van der Waals surface area contributed by atoms with E-state index in [9.17, 15) is 24.8 Å². The lowest BCUT2D eigenvalue weighted by Gasteiger charge is -2.13. The molecule has 0 saturated carbocycles. The van der Waals surface area contributed by atoms with Crippen LogP contribution in [0.5, 0.6) is 0 Å². The quantitative estimate of drug-likeness (QED) is 0.388. The summed E-state index contributed by atoms with van der Waals surface area (Å²) < 4.78 is 1.24. The predicted octanol–water partition coefficient (Wildman–Crippen LogP) is 4.16. The molecule has 1 N–H and O–H groups in total. The Hall–Kier alpha value is -4.59. The summed E-state index contributed by atoms with van der Waals surface area (Å²) in [5.41, 5.74) is 0.633. The maximum absolute atomic E-state index is 13.3. The minimum absolute atomic E-state index is 0.0494. The van der Waals surface area contributed by atoms with Crippen molar-refractivity contribution in [3.63, 3.8) is 0 Å². The lowest BCUT2D eigenvalue weighted by Crippen LogP contribution is -2.24. The van der Waals surface area contributed by atoms with Crippen molar-refractivity contribution in [1.82, 2.24) is 9.55 Å². The first-order chi connectivity index (χ1) is 15.0. The van der Waals surface area contributed by atoms with Gasteiger partial charge in [0.15, 0.2) is 0 Å². The van der Waals surface area contributed by atoms with Gasteiger partial charge < -0.3 is 5.11 Å². The highest BCUT2D eigenvalue weighted by atomic mass is 16.6. The SMILES string of the molecule is O=C(O)c1ccccc1-n1c(/C=C/c2cccc([N+](=O)[O-])c2)nc2ccccc2c1=O. The Morgan fingerprint density at radius 2 is 1.74 bits per heavy atom. The number of carboxylic acids is 1. The van der Waals surface area contributed by atoms with Crippen LogP contribution in [0, 0.1) is 10.1 Å². The molecule has 31 heavy (non-hydrogen) atoms. The predicted molar refractivity (Wildman–Crippen MR) is 116 cm³/mol. The molecule has 4 aromatic rings. The third-order valence-electron chi connectivity index (χ3n) is 4.68. The Morgan fingerprint density at radius 3 is 2.52 bits per heavy atom. The van der Waals surface area contributed by atoms with Crippen LogP contribution < -0.4 is 5.56 Å². The zero-order valence-corrected chi connectivity index (χ0v) is 16.0. The zero-order chi connectivity index (χ0) is 22.0. The van der Waals surface area contributed by atoms with E-state index in [1.807, 2.05) is 0 Å². The van der Waals surface area contributed by atoms with Crippen molar-refractivity contribution in [2.75, 3.05) is 0 Å². The van der Waals surface area contributed by atoms with Crippen LogP contribution in [0.2, 0.25) is 0 Å². The molecule has 152 valence electrons. The van der Waals surface area contributed by atoms with Gasteiger partial charge in [0.2, 0.25) is 0 Å². The number of nitro groups is 1. The van der Waals surface area contributed by atoms with E-state index in [0.29, 0.717) is 16.5 Å². The van der Waals surface area contributed by atoms with Crippen LogP contribution in [0.15, 0.2) is 77.6 Å². The standard InChI is InChI=1S/C23H15N3O5/c27-22-17-8-1-3-10-19(17)24-21(13-12-15-6-5-7-16(14-15)26(30)31)25(22)20-11-4-2-9-18(20)23(28)29/h1-14H,(H,28,29)/b13-12+. The van der Waals surface area contributed by atoms with Crippen LogP contribution in [0.1, 0.15) is 21.7 Å². The summed E-state index contributed by atoms with van der Waals surface area (Å²) >= 11 is 0. The number of benzene rings is 3. The van der Waals surface area contributed by atoms with Gasteiger partial charge in [-0.2, -0.15) is 0 Å². The monoisotopic (exact) mass is 413 g/mol. The van der Waals surface area contributed by atoms with Crippen LogP contribution in [-0.4, -0.2) is 25.6 Å². The number of non-ortho nitro benzene ring substituents is 1. The Labute approximate surface area is 175 Å². The Kier molecular flexibility index (Phi) is 5.11. The first-order valence-electron chi connectivity index (χ1n) is 9.23. The Morgan fingerprint density at radius 1 is 1.00 bits per heavy atom. The molecule has 0 aliphatic carbocycles. The highest BCUT2D eigenvalue weighted by Crippen LogP contribution is 2.20. The number of fused-ring (bicyclic) bond motifs is 1. The third-order valence-corrected chi connectivity index (χ3v) is 4.68. The van der Waals surface area contributed by atoms with Gasteiger partial charge in [0.25, 0.3) is 11.2 Å². The number of hydrogen-bond donors (Lipinski definition) is 1. The Balaban J connectivity index is 1.96. The summed E-state index contributed by atoms with van der Waals surface area (Å²) in [4.78, 5) is 40.1. The fourth-order valence-electron chi connectivity index (χ4n) is 3.26. The summed E-state index contributed by atoms with van der Waals surface area (Å²) in [5.74, 6) is -0.979. The molecule has 0 bridgehead atoms. The molecule has 0 saturated heterocycles. The average Bonchev–Trinajstić information content (AvgIpc) is 2.78. The lowest BCUT2D eigenvalue weighted by atomic mass is 10.1. The molecule has 0 aliphatic rings. The molecule has 0 unspecified atom stereocenters. The molecular weight excluding hydrogens is 398 g/mol. The van der Waals surface area contributed by atoms with Gasteiger partial charge in [0.05, 0.1) is 27.1 Å². The number of hydrogen-bond acceptors (Lipinski definition) is 5. The molecule has 1 heterocycles. The van der Waals surface area contributed by atoms with E-state index in [4.69, 9.17) is 0 Å². The number of nitrogens with zero attached hydrogens (tertiary/aromatic N) is 3. The molecule has 0 aliphatic heterocycles. The van der Waals surface area contributed by atoms with Crippen molar-refractivity contribution >= 4 is 34.7 Å². The molecule has 8 heteroatoms. The maximum Gasteiger partial charge on any atom is 0.337 e. The van der Waals surface area contributed by atoms with Crippen LogP contribution in [0.25, 0.3) is 28.7 Å². The highest BCUT2D eigenvalue weighted by Gasteiger charge is 2.17. The molecule has 0 radical (unpaired) electrons. The first kappa shape index (κ1) is 19.7. The van der Waals surface area contributed by atoms with E-state index < -0.39 is 16.5 Å². The summed E-state index contributed by atoms with van der Waals surface area (Å²) in [7, 11) is 0. The second kappa shape index (κ2) is 8.03. The van der Waals surface area contributed by atoms with E-state index in [0.717, 1.165) is 0 Å². The maximum atomic E-state index is 13.3. The van der Waals surface area contributed by atoms with Crippen LogP contribution in [-0.2, 0) is 0 Å². The van der Waals surface area contributed by atoms with Crippen molar-refractivity contribution in [2.45, 2.75) is 0 Å². The fourth-order valence-corrected chi connectivity index (χ4v) is 3.26. The summed E-state index contributed by atoms with van der Waals surface area (Å²) in [6.45, 7) is 0. The van der Waals surface area contributed by atoms with Gasteiger partial charge >= 0.3 is 5.97 Å². The van der Waals surface area contributed by atoms with Crippen LogP contribution in [0.3, 0.4) is 0 Å². The minimum atomic E-state index is -1.18. The number of carboxylic acid groups (broad SMARTS) is 1. The van der Waals surface area contributed by atoms with E-state index >= 15 is 0 Å². The Bertz CT molecular complexity index is 1420. The van der Waals surface area contributed by atoms with Gasteiger partial charge in [-0.25, -0.2) is 9.78 Å². The van der Waals surface area contributed by atoms with Crippen molar-refractivity contribution in [3.05, 3.63) is 110 Å². The normalized spacial score (nSPS) is 11.1. The van der Waals surface area contributed by atoms with Crippen molar-refractivity contribution in [1.29, 1.82) is 0 Å². The minimum Gasteiger partial charge on any atom is -0.478 e. The molecule has 8 nitrogen and oxygen atoms in total. The first-order valence-corrected chi connectivity index (χ1v) is 9.23. The summed E-state index contributed by atoms with van der Waals surface area (Å²) in [6, 6.07) is 18.9. The molecule has 3 aromatic carbocycles. The number of nitro benzene ring substituents is 1. The molecule has 0 spiro atoms. The van der Waals surface area contributed by atoms with Crippen molar-refractivity contribution < 1.29 is 14.8 Å². The number of aromatic nitrogens is 2. The smallest absolute Gasteiger partial charge is 0.337 e. The largest absolute Gasteiger partial charge is 0.478 e. The van der Waals surface area contributed by atoms with Crippen molar-refractivity contribution in [3.8, 4) is 5.69 Å². The van der Waals surface area contributed by atoms with Gasteiger partial charge in [-0.3, -0.25) is 19.5 Å². The number of rotatable bonds is 5.